The van der Waals surface area contributed by atoms with E-state index >= 15 is 0 Å². The minimum absolute atomic E-state index is 0.112. The molecule has 1 N–H and O–H groups in total. The van der Waals surface area contributed by atoms with Crippen molar-refractivity contribution < 1.29 is 14.3 Å². The summed E-state index contributed by atoms with van der Waals surface area (Å²) in [6, 6.07) is 4.00. The van der Waals surface area contributed by atoms with E-state index in [0.717, 1.165) is 36.3 Å². The highest BCUT2D eigenvalue weighted by Gasteiger charge is 2.24. The van der Waals surface area contributed by atoms with Crippen LogP contribution in [0.25, 0.3) is 11.2 Å². The molecule has 1 unspecified atom stereocenters. The van der Waals surface area contributed by atoms with Crippen LogP contribution in [-0.4, -0.2) is 45.9 Å². The molecular formula is C19H28N4O3. The Hall–Kier alpha value is -1.99. The number of hydrogen-bond donors (Lipinski definition) is 1. The lowest BCUT2D eigenvalue weighted by molar-refractivity contribution is -0.118. The van der Waals surface area contributed by atoms with Gasteiger partial charge in [-0.3, -0.25) is 14.7 Å². The zero-order valence-corrected chi connectivity index (χ0v) is 16.0. The fraction of sp³-hybridized carbons (Fsp3) is 0.632. The highest BCUT2D eigenvalue weighted by atomic mass is 16.5. The van der Waals surface area contributed by atoms with E-state index in [-0.39, 0.29) is 24.0 Å². The number of imidazole rings is 1. The van der Waals surface area contributed by atoms with E-state index in [9.17, 15) is 4.79 Å². The Balaban J connectivity index is 1.81. The Morgan fingerprint density at radius 2 is 2.19 bits per heavy atom. The number of nitrogens with zero attached hydrogens (tertiary/aromatic N) is 3. The first-order chi connectivity index (χ1) is 12.3. The first-order valence-corrected chi connectivity index (χ1v) is 9.20. The van der Waals surface area contributed by atoms with Crippen LogP contribution >= 0.6 is 0 Å². The van der Waals surface area contributed by atoms with Crippen molar-refractivity contribution in [2.45, 2.75) is 58.6 Å². The van der Waals surface area contributed by atoms with Gasteiger partial charge < -0.3 is 9.47 Å². The monoisotopic (exact) mass is 360 g/mol. The third kappa shape index (κ3) is 4.59. The van der Waals surface area contributed by atoms with Gasteiger partial charge in [-0.15, -0.1) is 0 Å². The number of aryl methyl sites for hydroxylation is 1. The van der Waals surface area contributed by atoms with Crippen molar-refractivity contribution in [3.05, 3.63) is 17.8 Å². The standard InChI is InChI=1S/C19H28N4O3/c1-13-7-8-15-17(20-13)23(14-6-5-10-25-12-14)18(21-15)22-16(24)9-11-26-19(2,3)4/h7-8,14H,5-6,9-12H2,1-4H3,(H,21,22,24). The van der Waals surface area contributed by atoms with Crippen molar-refractivity contribution >= 4 is 23.0 Å². The fourth-order valence-electron chi connectivity index (χ4n) is 3.07. The van der Waals surface area contributed by atoms with Crippen molar-refractivity contribution in [3.63, 3.8) is 0 Å². The maximum absolute atomic E-state index is 12.4. The molecule has 1 amide bonds. The maximum atomic E-state index is 12.4. The molecule has 0 saturated carbocycles. The van der Waals surface area contributed by atoms with Crippen molar-refractivity contribution in [1.82, 2.24) is 14.5 Å². The van der Waals surface area contributed by atoms with Gasteiger partial charge in [0.1, 0.15) is 5.52 Å². The molecular weight excluding hydrogens is 332 g/mol. The Morgan fingerprint density at radius 3 is 2.88 bits per heavy atom. The van der Waals surface area contributed by atoms with Crippen LogP contribution in [0.1, 0.15) is 51.8 Å². The number of carbonyl (C=O) groups excluding carboxylic acids is 1. The molecule has 0 spiro atoms. The Morgan fingerprint density at radius 1 is 1.38 bits per heavy atom. The molecule has 7 nitrogen and oxygen atoms in total. The van der Waals surface area contributed by atoms with Gasteiger partial charge in [0.2, 0.25) is 11.9 Å². The predicted octanol–water partition coefficient (Wildman–Crippen LogP) is 3.23. The number of nitrogens with one attached hydrogen (secondary N) is 1. The summed E-state index contributed by atoms with van der Waals surface area (Å²) >= 11 is 0. The van der Waals surface area contributed by atoms with Crippen LogP contribution in [0.15, 0.2) is 12.1 Å². The Kier molecular flexibility index (Phi) is 5.58. The molecule has 1 aliphatic rings. The SMILES string of the molecule is Cc1ccc2nc(NC(=O)CCOC(C)(C)C)n(C3CCCOC3)c2n1. The average molecular weight is 360 g/mol. The number of aromatic nitrogens is 3. The maximum Gasteiger partial charge on any atom is 0.229 e. The largest absolute Gasteiger partial charge is 0.379 e. The minimum atomic E-state index is -0.256. The highest BCUT2D eigenvalue weighted by Crippen LogP contribution is 2.28. The molecule has 1 atom stereocenters. The second-order valence-corrected chi connectivity index (χ2v) is 7.73. The van der Waals surface area contributed by atoms with Crippen LogP contribution in [0, 0.1) is 6.92 Å². The zero-order valence-electron chi connectivity index (χ0n) is 16.0. The lowest BCUT2D eigenvalue weighted by Gasteiger charge is -2.25. The van der Waals surface area contributed by atoms with Crippen LogP contribution in [-0.2, 0) is 14.3 Å². The second-order valence-electron chi connectivity index (χ2n) is 7.73. The van der Waals surface area contributed by atoms with Gasteiger partial charge in [0, 0.05) is 12.3 Å². The molecule has 0 aromatic carbocycles. The van der Waals surface area contributed by atoms with E-state index in [1.165, 1.54) is 0 Å². The lowest BCUT2D eigenvalue weighted by Crippen LogP contribution is -2.26. The second kappa shape index (κ2) is 7.72. The third-order valence-electron chi connectivity index (χ3n) is 4.29. The van der Waals surface area contributed by atoms with Gasteiger partial charge >= 0.3 is 0 Å². The number of pyridine rings is 1. The van der Waals surface area contributed by atoms with Crippen LogP contribution < -0.4 is 5.32 Å². The van der Waals surface area contributed by atoms with Crippen LogP contribution in [0.2, 0.25) is 0 Å². The number of amides is 1. The fourth-order valence-corrected chi connectivity index (χ4v) is 3.07. The van der Waals surface area contributed by atoms with Crippen LogP contribution in [0.5, 0.6) is 0 Å². The molecule has 1 aliphatic heterocycles. The number of fused-ring (bicyclic) bond motifs is 1. The van der Waals surface area contributed by atoms with E-state index < -0.39 is 0 Å². The molecule has 0 bridgehead atoms. The van der Waals surface area contributed by atoms with E-state index in [2.05, 4.69) is 15.3 Å². The van der Waals surface area contributed by atoms with Gasteiger partial charge in [0.25, 0.3) is 0 Å². The third-order valence-corrected chi connectivity index (χ3v) is 4.29. The van der Waals surface area contributed by atoms with Gasteiger partial charge in [0.15, 0.2) is 5.65 Å². The number of ether oxygens (including phenoxy) is 2. The summed E-state index contributed by atoms with van der Waals surface area (Å²) in [6.45, 7) is 9.64. The minimum Gasteiger partial charge on any atom is -0.379 e. The number of carbonyl (C=O) groups is 1. The lowest BCUT2D eigenvalue weighted by atomic mass is 10.1. The molecule has 0 aliphatic carbocycles. The summed E-state index contributed by atoms with van der Waals surface area (Å²) in [4.78, 5) is 21.6. The van der Waals surface area contributed by atoms with Crippen LogP contribution in [0.4, 0.5) is 5.95 Å². The van der Waals surface area contributed by atoms with Crippen molar-refractivity contribution in [2.75, 3.05) is 25.1 Å². The molecule has 3 heterocycles. The molecule has 7 heteroatoms. The molecule has 142 valence electrons. The van der Waals surface area contributed by atoms with Gasteiger partial charge in [0.05, 0.1) is 31.3 Å². The number of anilines is 1. The zero-order chi connectivity index (χ0) is 18.7. The molecule has 2 aromatic rings. The Labute approximate surface area is 154 Å². The molecule has 0 radical (unpaired) electrons. The van der Waals surface area contributed by atoms with Crippen molar-refractivity contribution in [1.29, 1.82) is 0 Å². The highest BCUT2D eigenvalue weighted by molar-refractivity contribution is 5.91. The number of hydrogen-bond acceptors (Lipinski definition) is 5. The molecule has 2 aromatic heterocycles. The van der Waals surface area contributed by atoms with Crippen molar-refractivity contribution in [3.8, 4) is 0 Å². The molecule has 26 heavy (non-hydrogen) atoms. The molecule has 1 saturated heterocycles. The summed E-state index contributed by atoms with van der Waals surface area (Å²) in [5, 5.41) is 2.94. The van der Waals surface area contributed by atoms with Crippen LogP contribution in [0.3, 0.4) is 0 Å². The first kappa shape index (κ1) is 18.8. The summed E-state index contributed by atoms with van der Waals surface area (Å²) in [5.74, 6) is 0.425. The summed E-state index contributed by atoms with van der Waals surface area (Å²) in [7, 11) is 0. The smallest absolute Gasteiger partial charge is 0.229 e. The summed E-state index contributed by atoms with van der Waals surface area (Å²) in [5.41, 5.74) is 2.24. The van der Waals surface area contributed by atoms with Gasteiger partial charge in [-0.25, -0.2) is 9.97 Å². The van der Waals surface area contributed by atoms with Gasteiger partial charge in [-0.1, -0.05) is 0 Å². The van der Waals surface area contributed by atoms with E-state index in [1.54, 1.807) is 0 Å². The normalized spacial score (nSPS) is 18.2. The molecule has 3 rings (SSSR count). The number of rotatable bonds is 5. The van der Waals surface area contributed by atoms with E-state index in [0.29, 0.717) is 19.2 Å². The van der Waals surface area contributed by atoms with Gasteiger partial charge in [-0.2, -0.15) is 0 Å². The summed E-state index contributed by atoms with van der Waals surface area (Å²) in [6.07, 6.45) is 2.26. The van der Waals surface area contributed by atoms with Gasteiger partial charge in [-0.05, 0) is 52.7 Å². The average Bonchev–Trinajstić information content (AvgIpc) is 2.91. The van der Waals surface area contributed by atoms with E-state index in [1.807, 2.05) is 44.4 Å². The molecule has 1 fully saturated rings. The summed E-state index contributed by atoms with van der Waals surface area (Å²) < 4.78 is 13.3. The first-order valence-electron chi connectivity index (χ1n) is 9.20. The topological polar surface area (TPSA) is 78.3 Å². The predicted molar refractivity (Wildman–Crippen MR) is 100 cm³/mol. The quantitative estimate of drug-likeness (QED) is 0.886. The van der Waals surface area contributed by atoms with E-state index in [4.69, 9.17) is 9.47 Å². The Bertz CT molecular complexity index is 773. The van der Waals surface area contributed by atoms with Crippen molar-refractivity contribution in [2.24, 2.45) is 0 Å².